The number of esters is 1. The highest BCUT2D eigenvalue weighted by atomic mass is 19.1. The standard InChI is InChI=1S/C21H20FNO4/c1-2-27-21(26)15-13-23(12-6-8-14-7-3-4-9-16(14)22)17-10-5-11-18(24)19(17)20(15)25/h3-4,6-9,13H,2,5,10-12H2,1H3/b8-6+. The zero-order chi connectivity index (χ0) is 19.4. The Morgan fingerprint density at radius 2 is 2.04 bits per heavy atom. The van der Waals surface area contributed by atoms with E-state index in [4.69, 9.17) is 4.74 Å². The normalized spacial score (nSPS) is 13.6. The Kier molecular flexibility index (Phi) is 5.64. The predicted octanol–water partition coefficient (Wildman–Crippen LogP) is 3.40. The molecule has 0 N–H and O–H groups in total. The summed E-state index contributed by atoms with van der Waals surface area (Å²) in [5.41, 5.74) is 0.412. The lowest BCUT2D eigenvalue weighted by Crippen LogP contribution is -2.31. The van der Waals surface area contributed by atoms with Crippen LogP contribution in [0, 0.1) is 5.82 Å². The number of nitrogens with zero attached hydrogens (tertiary/aromatic N) is 1. The monoisotopic (exact) mass is 369 g/mol. The largest absolute Gasteiger partial charge is 0.462 e. The Morgan fingerprint density at radius 3 is 2.78 bits per heavy atom. The second kappa shape index (κ2) is 8.12. The SMILES string of the molecule is CCOC(=O)c1cn(C/C=C/c2ccccc2F)c2c(c1=O)C(=O)CCC2. The molecule has 1 aromatic carbocycles. The molecule has 0 unspecified atom stereocenters. The summed E-state index contributed by atoms with van der Waals surface area (Å²) in [6.45, 7) is 2.09. The number of benzene rings is 1. The average Bonchev–Trinajstić information content (AvgIpc) is 2.65. The van der Waals surface area contributed by atoms with Gasteiger partial charge >= 0.3 is 5.97 Å². The molecule has 0 fully saturated rings. The van der Waals surface area contributed by atoms with E-state index in [9.17, 15) is 18.8 Å². The quantitative estimate of drug-likeness (QED) is 0.758. The number of carbonyl (C=O) groups excluding carboxylic acids is 2. The van der Waals surface area contributed by atoms with Gasteiger partial charge in [0.2, 0.25) is 5.43 Å². The molecule has 1 aliphatic carbocycles. The van der Waals surface area contributed by atoms with Crippen LogP contribution in [0.2, 0.25) is 0 Å². The summed E-state index contributed by atoms with van der Waals surface area (Å²) in [4.78, 5) is 37.1. The van der Waals surface area contributed by atoms with Crippen LogP contribution in [0.4, 0.5) is 4.39 Å². The van der Waals surface area contributed by atoms with Crippen LogP contribution in [-0.4, -0.2) is 22.9 Å². The lowest BCUT2D eigenvalue weighted by Gasteiger charge is -2.20. The molecule has 0 radical (unpaired) electrons. The molecule has 1 aromatic heterocycles. The first kappa shape index (κ1) is 18.8. The Morgan fingerprint density at radius 1 is 1.26 bits per heavy atom. The van der Waals surface area contributed by atoms with Crippen molar-refractivity contribution in [2.45, 2.75) is 32.7 Å². The lowest BCUT2D eigenvalue weighted by molar-refractivity contribution is 0.0523. The van der Waals surface area contributed by atoms with Gasteiger partial charge in [0.15, 0.2) is 5.78 Å². The number of ether oxygens (including phenoxy) is 1. The van der Waals surface area contributed by atoms with Gasteiger partial charge in [-0.2, -0.15) is 0 Å². The molecule has 6 heteroatoms. The van der Waals surface area contributed by atoms with Gasteiger partial charge in [-0.1, -0.05) is 30.4 Å². The van der Waals surface area contributed by atoms with Gasteiger partial charge in [0, 0.05) is 30.4 Å². The van der Waals surface area contributed by atoms with Crippen molar-refractivity contribution in [2.75, 3.05) is 6.61 Å². The average molecular weight is 369 g/mol. The molecule has 0 amide bonds. The van der Waals surface area contributed by atoms with E-state index >= 15 is 0 Å². The molecule has 0 atom stereocenters. The highest BCUT2D eigenvalue weighted by Gasteiger charge is 2.27. The van der Waals surface area contributed by atoms with Gasteiger partial charge in [0.05, 0.1) is 12.2 Å². The highest BCUT2D eigenvalue weighted by Crippen LogP contribution is 2.20. The lowest BCUT2D eigenvalue weighted by atomic mass is 9.92. The Balaban J connectivity index is 2.01. The van der Waals surface area contributed by atoms with E-state index in [1.54, 1.807) is 41.8 Å². The van der Waals surface area contributed by atoms with Gasteiger partial charge in [-0.25, -0.2) is 9.18 Å². The number of hydrogen-bond donors (Lipinski definition) is 0. The molecule has 140 valence electrons. The van der Waals surface area contributed by atoms with Crippen molar-refractivity contribution in [3.05, 3.63) is 75.0 Å². The molecule has 0 bridgehead atoms. The molecule has 0 spiro atoms. The number of pyridine rings is 1. The summed E-state index contributed by atoms with van der Waals surface area (Å²) in [5, 5.41) is 0. The van der Waals surface area contributed by atoms with Gasteiger partial charge in [-0.3, -0.25) is 9.59 Å². The summed E-state index contributed by atoms with van der Waals surface area (Å²) >= 11 is 0. The van der Waals surface area contributed by atoms with Crippen LogP contribution in [0.5, 0.6) is 0 Å². The van der Waals surface area contributed by atoms with Crippen molar-refractivity contribution >= 4 is 17.8 Å². The van der Waals surface area contributed by atoms with E-state index in [2.05, 4.69) is 0 Å². The number of allylic oxidation sites excluding steroid dienone is 1. The third-order valence-electron chi connectivity index (χ3n) is 4.49. The van der Waals surface area contributed by atoms with Crippen molar-refractivity contribution in [3.8, 4) is 0 Å². The topological polar surface area (TPSA) is 65.4 Å². The molecule has 0 saturated heterocycles. The molecule has 1 heterocycles. The van der Waals surface area contributed by atoms with Crippen LogP contribution in [-0.2, 0) is 17.7 Å². The fourth-order valence-electron chi connectivity index (χ4n) is 3.22. The number of halogens is 1. The number of aromatic nitrogens is 1. The van der Waals surface area contributed by atoms with E-state index in [-0.39, 0.29) is 29.3 Å². The zero-order valence-electron chi connectivity index (χ0n) is 15.0. The van der Waals surface area contributed by atoms with Crippen LogP contribution in [0.25, 0.3) is 6.08 Å². The van der Waals surface area contributed by atoms with Crippen LogP contribution < -0.4 is 5.43 Å². The molecule has 27 heavy (non-hydrogen) atoms. The molecule has 0 saturated carbocycles. The van der Waals surface area contributed by atoms with Crippen molar-refractivity contribution in [2.24, 2.45) is 0 Å². The fraction of sp³-hybridized carbons (Fsp3) is 0.286. The minimum absolute atomic E-state index is 0.0751. The summed E-state index contributed by atoms with van der Waals surface area (Å²) in [6.07, 6.45) is 6.32. The summed E-state index contributed by atoms with van der Waals surface area (Å²) < 4.78 is 20.4. The highest BCUT2D eigenvalue weighted by molar-refractivity contribution is 6.00. The van der Waals surface area contributed by atoms with Gasteiger partial charge in [0.25, 0.3) is 0 Å². The summed E-state index contributed by atoms with van der Waals surface area (Å²) in [6, 6.07) is 6.38. The number of carbonyl (C=O) groups is 2. The second-order valence-corrected chi connectivity index (χ2v) is 6.27. The first-order valence-corrected chi connectivity index (χ1v) is 8.90. The van der Waals surface area contributed by atoms with Gasteiger partial charge < -0.3 is 9.30 Å². The molecule has 5 nitrogen and oxygen atoms in total. The number of ketones is 1. The Bertz CT molecular complexity index is 975. The van der Waals surface area contributed by atoms with Gasteiger partial charge in [0.1, 0.15) is 11.4 Å². The van der Waals surface area contributed by atoms with E-state index < -0.39 is 11.4 Å². The maximum atomic E-state index is 13.7. The van der Waals surface area contributed by atoms with Crippen LogP contribution in [0.15, 0.2) is 41.3 Å². The maximum Gasteiger partial charge on any atom is 0.343 e. The molecule has 3 rings (SSSR count). The number of hydrogen-bond acceptors (Lipinski definition) is 4. The first-order valence-electron chi connectivity index (χ1n) is 8.90. The predicted molar refractivity (Wildman–Crippen MR) is 99.4 cm³/mol. The van der Waals surface area contributed by atoms with Crippen molar-refractivity contribution in [3.63, 3.8) is 0 Å². The molecule has 0 aliphatic heterocycles. The second-order valence-electron chi connectivity index (χ2n) is 6.27. The van der Waals surface area contributed by atoms with Gasteiger partial charge in [-0.05, 0) is 25.8 Å². The van der Waals surface area contributed by atoms with Crippen molar-refractivity contribution in [1.29, 1.82) is 0 Å². The minimum atomic E-state index is -0.740. The van der Waals surface area contributed by atoms with Crippen molar-refractivity contribution in [1.82, 2.24) is 4.57 Å². The third-order valence-corrected chi connectivity index (χ3v) is 4.49. The fourth-order valence-corrected chi connectivity index (χ4v) is 3.22. The van der Waals surface area contributed by atoms with Gasteiger partial charge in [-0.15, -0.1) is 0 Å². The van der Waals surface area contributed by atoms with E-state index in [1.807, 2.05) is 0 Å². The van der Waals surface area contributed by atoms with Crippen LogP contribution in [0.3, 0.4) is 0 Å². The molecular weight excluding hydrogens is 349 g/mol. The smallest absolute Gasteiger partial charge is 0.343 e. The molecule has 1 aliphatic rings. The van der Waals surface area contributed by atoms with E-state index in [0.717, 1.165) is 0 Å². The molecule has 2 aromatic rings. The summed E-state index contributed by atoms with van der Waals surface area (Å²) in [7, 11) is 0. The Hall–Kier alpha value is -3.02. The Labute approximate surface area is 156 Å². The number of rotatable bonds is 5. The van der Waals surface area contributed by atoms with Crippen molar-refractivity contribution < 1.29 is 18.7 Å². The number of Topliss-reactive ketones (excluding diaryl/α,β-unsaturated/α-hetero) is 1. The first-order chi connectivity index (χ1) is 13.0. The maximum absolute atomic E-state index is 13.7. The van der Waals surface area contributed by atoms with E-state index in [0.29, 0.717) is 37.1 Å². The molecular formula is C21H20FNO4. The van der Waals surface area contributed by atoms with Crippen LogP contribution in [0.1, 0.15) is 51.7 Å². The summed E-state index contributed by atoms with van der Waals surface area (Å²) in [5.74, 6) is -1.33. The zero-order valence-corrected chi connectivity index (χ0v) is 15.0. The minimum Gasteiger partial charge on any atom is -0.462 e. The van der Waals surface area contributed by atoms with E-state index in [1.165, 1.54) is 12.3 Å². The third kappa shape index (κ3) is 3.89. The number of fused-ring (bicyclic) bond motifs is 1. The van der Waals surface area contributed by atoms with Crippen LogP contribution >= 0.6 is 0 Å².